The van der Waals surface area contributed by atoms with Crippen molar-refractivity contribution in [3.05, 3.63) is 29.3 Å². The van der Waals surface area contributed by atoms with E-state index in [-0.39, 0.29) is 5.97 Å². The molecular formula is C20H24N4O3S. The van der Waals surface area contributed by atoms with Crippen LogP contribution in [0.4, 0.5) is 6.01 Å². The molecule has 0 amide bonds. The lowest BCUT2D eigenvalue weighted by molar-refractivity contribution is 0.0528. The van der Waals surface area contributed by atoms with E-state index >= 15 is 0 Å². The van der Waals surface area contributed by atoms with E-state index in [1.807, 2.05) is 18.5 Å². The van der Waals surface area contributed by atoms with Gasteiger partial charge in [-0.3, -0.25) is 0 Å². The molecule has 3 aromatic rings. The lowest BCUT2D eigenvalue weighted by Crippen LogP contribution is -2.38. The summed E-state index contributed by atoms with van der Waals surface area (Å²) in [7, 11) is 1.99. The molecule has 1 fully saturated rings. The van der Waals surface area contributed by atoms with E-state index in [1.165, 1.54) is 17.8 Å². The Hall–Kier alpha value is -2.45. The number of carbonyl (C=O) groups is 1. The van der Waals surface area contributed by atoms with Gasteiger partial charge in [-0.05, 0) is 38.9 Å². The molecule has 0 bridgehead atoms. The second-order valence-electron chi connectivity index (χ2n) is 6.82. The smallest absolute Gasteiger partial charge is 0.340 e. The van der Waals surface area contributed by atoms with E-state index < -0.39 is 0 Å². The number of thiazole rings is 1. The molecule has 28 heavy (non-hydrogen) atoms. The number of hydrogen-bond acceptors (Lipinski definition) is 8. The van der Waals surface area contributed by atoms with Gasteiger partial charge in [0.2, 0.25) is 0 Å². The van der Waals surface area contributed by atoms with Crippen molar-refractivity contribution in [2.75, 3.05) is 31.6 Å². The fourth-order valence-corrected chi connectivity index (χ4v) is 4.24. The third kappa shape index (κ3) is 3.62. The van der Waals surface area contributed by atoms with Crippen LogP contribution in [0.1, 0.15) is 36.5 Å². The highest BCUT2D eigenvalue weighted by Gasteiger charge is 2.25. The predicted octanol–water partition coefficient (Wildman–Crippen LogP) is 3.71. The number of aromatic nitrogens is 2. The number of esters is 1. The molecule has 2 aromatic heterocycles. The van der Waals surface area contributed by atoms with Crippen LogP contribution in [0, 0.1) is 0 Å². The van der Waals surface area contributed by atoms with Gasteiger partial charge in [-0.25, -0.2) is 9.78 Å². The van der Waals surface area contributed by atoms with Crippen LogP contribution in [0.25, 0.3) is 21.7 Å². The van der Waals surface area contributed by atoms with E-state index in [2.05, 4.69) is 15.2 Å². The molecule has 0 radical (unpaired) electrons. The number of nitrogens with one attached hydrogen (secondary N) is 1. The number of benzene rings is 1. The summed E-state index contributed by atoms with van der Waals surface area (Å²) in [6.45, 7) is 3.81. The molecule has 1 aromatic carbocycles. The molecule has 148 valence electrons. The highest BCUT2D eigenvalue weighted by molar-refractivity contribution is 7.13. The van der Waals surface area contributed by atoms with Crippen molar-refractivity contribution in [2.45, 2.75) is 32.2 Å². The van der Waals surface area contributed by atoms with Crippen molar-refractivity contribution in [3.63, 3.8) is 0 Å². The Morgan fingerprint density at radius 1 is 1.43 bits per heavy atom. The molecule has 0 saturated carbocycles. The molecule has 1 unspecified atom stereocenters. The molecule has 1 saturated heterocycles. The standard InChI is InChI=1S/C20H24N4O3S/c1-3-26-19(25)14-7-8-15(18-22-9-11-28-18)17-16(14)23-20(27-17)24-10-5-4-6-13(12-24)21-2/h7-9,11,13,21H,3-6,10,12H2,1-2H3. The number of hydrogen-bond donors (Lipinski definition) is 1. The van der Waals surface area contributed by atoms with E-state index in [0.717, 1.165) is 36.5 Å². The maximum atomic E-state index is 12.5. The summed E-state index contributed by atoms with van der Waals surface area (Å²) in [6, 6.07) is 4.55. The molecule has 0 spiro atoms. The third-order valence-corrected chi connectivity index (χ3v) is 5.85. The van der Waals surface area contributed by atoms with Crippen LogP contribution >= 0.6 is 11.3 Å². The van der Waals surface area contributed by atoms with Crippen molar-refractivity contribution < 1.29 is 13.9 Å². The summed E-state index contributed by atoms with van der Waals surface area (Å²) < 4.78 is 11.4. The van der Waals surface area contributed by atoms with Crippen LogP contribution in [0.3, 0.4) is 0 Å². The number of carbonyl (C=O) groups excluding carboxylic acids is 1. The first kappa shape index (κ1) is 18.9. The van der Waals surface area contributed by atoms with E-state index in [4.69, 9.17) is 14.1 Å². The molecular weight excluding hydrogens is 376 g/mol. The number of rotatable bonds is 5. The zero-order chi connectivity index (χ0) is 19.5. The van der Waals surface area contributed by atoms with Crippen LogP contribution in [0.15, 0.2) is 28.1 Å². The minimum Gasteiger partial charge on any atom is -0.462 e. The molecule has 1 atom stereocenters. The highest BCUT2D eigenvalue weighted by Crippen LogP contribution is 2.35. The Labute approximate surface area is 167 Å². The van der Waals surface area contributed by atoms with E-state index in [0.29, 0.717) is 35.3 Å². The predicted molar refractivity (Wildman–Crippen MR) is 110 cm³/mol. The van der Waals surface area contributed by atoms with E-state index in [1.54, 1.807) is 19.2 Å². The molecule has 7 nitrogen and oxygen atoms in total. The van der Waals surface area contributed by atoms with Gasteiger partial charge in [0, 0.05) is 30.7 Å². The third-order valence-electron chi connectivity index (χ3n) is 5.04. The minimum absolute atomic E-state index is 0.315. The van der Waals surface area contributed by atoms with Crippen molar-refractivity contribution in [3.8, 4) is 10.6 Å². The first-order valence-corrected chi connectivity index (χ1v) is 10.5. The second-order valence-corrected chi connectivity index (χ2v) is 7.71. The number of oxazole rings is 1. The SMILES string of the molecule is CCOC(=O)c1ccc(-c2nccs2)c2oc(N3CCCCC(NC)C3)nc12. The second kappa shape index (κ2) is 8.28. The molecule has 1 N–H and O–H groups in total. The first-order chi connectivity index (χ1) is 13.7. The summed E-state index contributed by atoms with van der Waals surface area (Å²) in [5.74, 6) is -0.387. The average Bonchev–Trinajstić information content (AvgIpc) is 3.33. The Balaban J connectivity index is 1.81. The van der Waals surface area contributed by atoms with Gasteiger partial charge in [0.15, 0.2) is 5.58 Å². The van der Waals surface area contributed by atoms with Crippen molar-refractivity contribution in [1.82, 2.24) is 15.3 Å². The Bertz CT molecular complexity index is 954. The fourth-order valence-electron chi connectivity index (χ4n) is 3.58. The lowest BCUT2D eigenvalue weighted by atomic mass is 10.1. The summed E-state index contributed by atoms with van der Waals surface area (Å²) in [5, 5.41) is 6.12. The number of ether oxygens (including phenoxy) is 1. The molecule has 3 heterocycles. The monoisotopic (exact) mass is 400 g/mol. The van der Waals surface area contributed by atoms with Gasteiger partial charge >= 0.3 is 5.97 Å². The summed E-state index contributed by atoms with van der Waals surface area (Å²) in [6.07, 6.45) is 5.14. The Morgan fingerprint density at radius 3 is 3.07 bits per heavy atom. The quantitative estimate of drug-likeness (QED) is 0.654. The van der Waals surface area contributed by atoms with Gasteiger partial charge in [0.25, 0.3) is 6.01 Å². The average molecular weight is 401 g/mol. The van der Waals surface area contributed by atoms with E-state index in [9.17, 15) is 4.79 Å². The van der Waals surface area contributed by atoms with Crippen LogP contribution in [0.5, 0.6) is 0 Å². The zero-order valence-corrected chi connectivity index (χ0v) is 16.9. The fraction of sp³-hybridized carbons (Fsp3) is 0.450. The minimum atomic E-state index is -0.387. The van der Waals surface area contributed by atoms with Crippen molar-refractivity contribution in [2.24, 2.45) is 0 Å². The number of fused-ring (bicyclic) bond motifs is 1. The van der Waals surface area contributed by atoms with Gasteiger partial charge < -0.3 is 19.4 Å². The normalized spacial score (nSPS) is 17.6. The number of likely N-dealkylation sites (N-methyl/N-ethyl adjacent to an activating group) is 1. The number of nitrogens with zero attached hydrogens (tertiary/aromatic N) is 3. The maximum absolute atomic E-state index is 12.5. The van der Waals surface area contributed by atoms with Crippen molar-refractivity contribution in [1.29, 1.82) is 0 Å². The summed E-state index contributed by atoms with van der Waals surface area (Å²) in [4.78, 5) is 23.7. The molecule has 4 rings (SSSR count). The topological polar surface area (TPSA) is 80.5 Å². The van der Waals surface area contributed by atoms with Gasteiger partial charge in [-0.1, -0.05) is 6.42 Å². The lowest BCUT2D eigenvalue weighted by Gasteiger charge is -2.22. The molecule has 1 aliphatic rings. The Kier molecular flexibility index (Phi) is 5.59. The van der Waals surface area contributed by atoms with Gasteiger partial charge in [-0.2, -0.15) is 4.98 Å². The van der Waals surface area contributed by atoms with Crippen LogP contribution in [-0.4, -0.2) is 48.7 Å². The van der Waals surface area contributed by atoms with Crippen LogP contribution in [-0.2, 0) is 4.74 Å². The van der Waals surface area contributed by atoms with Gasteiger partial charge in [0.1, 0.15) is 10.5 Å². The largest absolute Gasteiger partial charge is 0.462 e. The van der Waals surface area contributed by atoms with Gasteiger partial charge in [-0.15, -0.1) is 11.3 Å². The zero-order valence-electron chi connectivity index (χ0n) is 16.1. The number of anilines is 1. The molecule has 0 aliphatic carbocycles. The summed E-state index contributed by atoms with van der Waals surface area (Å²) >= 11 is 1.53. The van der Waals surface area contributed by atoms with Crippen LogP contribution < -0.4 is 10.2 Å². The molecule has 8 heteroatoms. The Morgan fingerprint density at radius 2 is 2.32 bits per heavy atom. The van der Waals surface area contributed by atoms with Gasteiger partial charge in [0.05, 0.1) is 17.7 Å². The summed E-state index contributed by atoms with van der Waals surface area (Å²) in [5.41, 5.74) is 2.39. The highest BCUT2D eigenvalue weighted by atomic mass is 32.1. The maximum Gasteiger partial charge on any atom is 0.340 e. The van der Waals surface area contributed by atoms with Crippen molar-refractivity contribution >= 4 is 34.4 Å². The molecule has 1 aliphatic heterocycles. The van der Waals surface area contributed by atoms with Crippen LogP contribution in [0.2, 0.25) is 0 Å². The first-order valence-electron chi connectivity index (χ1n) is 9.64.